The van der Waals surface area contributed by atoms with E-state index < -0.39 is 11.6 Å². The Morgan fingerprint density at radius 3 is 2.67 bits per heavy atom. The molecular weight excluding hydrogens is 238 g/mol. The molecule has 0 atom stereocenters. The molecule has 18 heavy (non-hydrogen) atoms. The third-order valence-corrected chi connectivity index (χ3v) is 2.22. The van der Waals surface area contributed by atoms with Crippen LogP contribution in [-0.2, 0) is 4.74 Å². The number of hydrogen-bond acceptors (Lipinski definition) is 3. The number of nitriles is 1. The summed E-state index contributed by atoms with van der Waals surface area (Å²) in [4.78, 5) is 0. The molecule has 0 saturated heterocycles. The summed E-state index contributed by atoms with van der Waals surface area (Å²) >= 11 is 0. The molecule has 3 nitrogen and oxygen atoms in total. The molecule has 1 rings (SSSR count). The highest BCUT2D eigenvalue weighted by atomic mass is 19.2. The van der Waals surface area contributed by atoms with Gasteiger partial charge in [0.2, 0.25) is 0 Å². The molecule has 0 aromatic heterocycles. The van der Waals surface area contributed by atoms with Crippen molar-refractivity contribution in [1.29, 1.82) is 5.26 Å². The van der Waals surface area contributed by atoms with Crippen molar-refractivity contribution in [3.8, 4) is 6.07 Å². The Bertz CT molecular complexity index is 441. The standard InChI is InChI=1S/C13H16F2N2O/c1-9(2)8-18-6-5-17-11-4-3-10(7-16)12(14)13(11)15/h3-4,9,17H,5-6,8H2,1-2H3. The molecule has 0 aliphatic carbocycles. The maximum atomic E-state index is 13.5. The lowest BCUT2D eigenvalue weighted by atomic mass is 10.2. The third-order valence-electron chi connectivity index (χ3n) is 2.22. The minimum Gasteiger partial charge on any atom is -0.380 e. The zero-order valence-electron chi connectivity index (χ0n) is 10.5. The van der Waals surface area contributed by atoms with E-state index in [1.165, 1.54) is 12.1 Å². The van der Waals surface area contributed by atoms with E-state index in [9.17, 15) is 8.78 Å². The quantitative estimate of drug-likeness (QED) is 0.794. The second-order valence-electron chi connectivity index (χ2n) is 4.30. The second kappa shape index (κ2) is 6.92. The van der Waals surface area contributed by atoms with Crippen LogP contribution in [0.4, 0.5) is 14.5 Å². The van der Waals surface area contributed by atoms with Crippen LogP contribution in [0.2, 0.25) is 0 Å². The number of nitrogens with one attached hydrogen (secondary N) is 1. The highest BCUT2D eigenvalue weighted by Crippen LogP contribution is 2.19. The average molecular weight is 254 g/mol. The number of rotatable bonds is 6. The first-order chi connectivity index (χ1) is 8.56. The lowest BCUT2D eigenvalue weighted by Gasteiger charge is -2.10. The van der Waals surface area contributed by atoms with Crippen molar-refractivity contribution >= 4 is 5.69 Å². The van der Waals surface area contributed by atoms with Crippen molar-refractivity contribution in [3.05, 3.63) is 29.3 Å². The van der Waals surface area contributed by atoms with Crippen LogP contribution < -0.4 is 5.32 Å². The minimum absolute atomic E-state index is 0.0413. The first-order valence-electron chi connectivity index (χ1n) is 5.76. The predicted octanol–water partition coefficient (Wildman–Crippen LogP) is 2.92. The molecule has 0 radical (unpaired) electrons. The molecule has 0 heterocycles. The van der Waals surface area contributed by atoms with E-state index in [4.69, 9.17) is 10.00 Å². The van der Waals surface area contributed by atoms with Gasteiger partial charge in [-0.05, 0) is 18.1 Å². The highest BCUT2D eigenvalue weighted by molar-refractivity contribution is 5.49. The second-order valence-corrected chi connectivity index (χ2v) is 4.30. The molecule has 1 N–H and O–H groups in total. The third kappa shape index (κ3) is 3.97. The van der Waals surface area contributed by atoms with Crippen LogP contribution in [0, 0.1) is 28.9 Å². The molecule has 0 aliphatic heterocycles. The van der Waals surface area contributed by atoms with Crippen LogP contribution in [0.5, 0.6) is 0 Å². The van der Waals surface area contributed by atoms with Gasteiger partial charge in [-0.1, -0.05) is 13.8 Å². The topological polar surface area (TPSA) is 45.0 Å². The predicted molar refractivity (Wildman–Crippen MR) is 65.2 cm³/mol. The maximum absolute atomic E-state index is 13.5. The van der Waals surface area contributed by atoms with Crippen molar-refractivity contribution in [2.75, 3.05) is 25.1 Å². The molecule has 5 heteroatoms. The SMILES string of the molecule is CC(C)COCCNc1ccc(C#N)c(F)c1F. The summed E-state index contributed by atoms with van der Waals surface area (Å²) in [7, 11) is 0. The zero-order valence-corrected chi connectivity index (χ0v) is 10.5. The smallest absolute Gasteiger partial charge is 0.183 e. The highest BCUT2D eigenvalue weighted by Gasteiger charge is 2.12. The summed E-state index contributed by atoms with van der Waals surface area (Å²) in [6.45, 7) is 5.49. The molecule has 98 valence electrons. The summed E-state index contributed by atoms with van der Waals surface area (Å²) in [5, 5.41) is 11.3. The molecular formula is C13H16F2N2O. The lowest BCUT2D eigenvalue weighted by Crippen LogP contribution is -2.13. The minimum atomic E-state index is -1.12. The Morgan fingerprint density at radius 2 is 2.06 bits per heavy atom. The molecule has 0 fully saturated rings. The van der Waals surface area contributed by atoms with Crippen LogP contribution in [-0.4, -0.2) is 19.8 Å². The molecule has 0 aliphatic rings. The van der Waals surface area contributed by atoms with Gasteiger partial charge in [-0.25, -0.2) is 8.78 Å². The Labute approximate surface area is 105 Å². The number of halogens is 2. The van der Waals surface area contributed by atoms with Gasteiger partial charge in [-0.3, -0.25) is 0 Å². The molecule has 0 amide bonds. The lowest BCUT2D eigenvalue weighted by molar-refractivity contribution is 0.118. The van der Waals surface area contributed by atoms with Crippen LogP contribution in [0.3, 0.4) is 0 Å². The Kier molecular flexibility index (Phi) is 5.53. The number of nitrogens with zero attached hydrogens (tertiary/aromatic N) is 1. The van der Waals surface area contributed by atoms with E-state index in [1.54, 1.807) is 6.07 Å². The van der Waals surface area contributed by atoms with E-state index in [-0.39, 0.29) is 11.3 Å². The number of benzene rings is 1. The van der Waals surface area contributed by atoms with Crippen LogP contribution in [0.15, 0.2) is 12.1 Å². The molecule has 0 spiro atoms. The van der Waals surface area contributed by atoms with Gasteiger partial charge in [0.25, 0.3) is 0 Å². The fourth-order valence-electron chi connectivity index (χ4n) is 1.35. The summed E-state index contributed by atoms with van der Waals surface area (Å²) in [6.07, 6.45) is 0. The molecule has 0 unspecified atom stereocenters. The van der Waals surface area contributed by atoms with E-state index >= 15 is 0 Å². The first-order valence-corrected chi connectivity index (χ1v) is 5.76. The normalized spacial score (nSPS) is 10.4. The maximum Gasteiger partial charge on any atom is 0.183 e. The largest absolute Gasteiger partial charge is 0.380 e. The van der Waals surface area contributed by atoms with Crippen molar-refractivity contribution in [3.63, 3.8) is 0 Å². The van der Waals surface area contributed by atoms with Gasteiger partial charge < -0.3 is 10.1 Å². The van der Waals surface area contributed by atoms with Crippen molar-refractivity contribution in [2.45, 2.75) is 13.8 Å². The van der Waals surface area contributed by atoms with Crippen LogP contribution in [0.25, 0.3) is 0 Å². The molecule has 1 aromatic rings. The molecule has 0 saturated carbocycles. The zero-order chi connectivity index (χ0) is 13.5. The summed E-state index contributed by atoms with van der Waals surface area (Å²) in [6, 6.07) is 4.18. The van der Waals surface area contributed by atoms with Gasteiger partial charge in [-0.15, -0.1) is 0 Å². The van der Waals surface area contributed by atoms with Crippen molar-refractivity contribution in [1.82, 2.24) is 0 Å². The number of anilines is 1. The van der Waals surface area contributed by atoms with Gasteiger partial charge >= 0.3 is 0 Å². The molecule has 0 bridgehead atoms. The monoisotopic (exact) mass is 254 g/mol. The van der Waals surface area contributed by atoms with E-state index in [1.807, 2.05) is 13.8 Å². The Hall–Kier alpha value is -1.67. The average Bonchev–Trinajstić information content (AvgIpc) is 2.33. The first kappa shape index (κ1) is 14.4. The van der Waals surface area contributed by atoms with Gasteiger partial charge in [0, 0.05) is 13.2 Å². The number of hydrogen-bond donors (Lipinski definition) is 1. The Morgan fingerprint density at radius 1 is 1.33 bits per heavy atom. The fourth-order valence-corrected chi connectivity index (χ4v) is 1.35. The number of ether oxygens (including phenoxy) is 1. The van der Waals surface area contributed by atoms with Gasteiger partial charge in [0.1, 0.15) is 6.07 Å². The van der Waals surface area contributed by atoms with Gasteiger partial charge in [0.15, 0.2) is 11.6 Å². The van der Waals surface area contributed by atoms with Crippen LogP contribution in [0.1, 0.15) is 19.4 Å². The van der Waals surface area contributed by atoms with E-state index in [2.05, 4.69) is 5.32 Å². The van der Waals surface area contributed by atoms with Gasteiger partial charge in [0.05, 0.1) is 17.9 Å². The van der Waals surface area contributed by atoms with Crippen LogP contribution >= 0.6 is 0 Å². The molecule has 1 aromatic carbocycles. The van der Waals surface area contributed by atoms with E-state index in [0.717, 1.165) is 0 Å². The summed E-state index contributed by atoms with van der Waals surface area (Å²) < 4.78 is 32.0. The van der Waals surface area contributed by atoms with Gasteiger partial charge in [-0.2, -0.15) is 5.26 Å². The Balaban J connectivity index is 2.49. The summed E-state index contributed by atoms with van der Waals surface area (Å²) in [5.74, 6) is -1.71. The summed E-state index contributed by atoms with van der Waals surface area (Å²) in [5.41, 5.74) is -0.256. The van der Waals surface area contributed by atoms with Crippen molar-refractivity contribution < 1.29 is 13.5 Å². The van der Waals surface area contributed by atoms with Crippen molar-refractivity contribution in [2.24, 2.45) is 5.92 Å². The van der Waals surface area contributed by atoms with E-state index in [0.29, 0.717) is 25.7 Å². The fraction of sp³-hybridized carbons (Fsp3) is 0.462.